The number of phenolic OH excluding ortho intramolecular Hbond substituents is 1. The highest BCUT2D eigenvalue weighted by molar-refractivity contribution is 6.11. The minimum Gasteiger partial charge on any atom is -0.508 e. The first-order valence-corrected chi connectivity index (χ1v) is 8.98. The number of methoxy groups -OCH3 is 1. The Morgan fingerprint density at radius 1 is 1.03 bits per heavy atom. The lowest BCUT2D eigenvalue weighted by Gasteiger charge is -2.10. The van der Waals surface area contributed by atoms with Gasteiger partial charge in [0.1, 0.15) is 11.5 Å². The van der Waals surface area contributed by atoms with Gasteiger partial charge in [-0.1, -0.05) is 24.3 Å². The predicted molar refractivity (Wildman–Crippen MR) is 113 cm³/mol. The average molecular weight is 388 g/mol. The summed E-state index contributed by atoms with van der Waals surface area (Å²) >= 11 is 0. The lowest BCUT2D eigenvalue weighted by molar-refractivity contribution is 0.100. The standard InChI is InChI=1S/C22H20N4O3/c1-29-16-9-13(8-15(27)11-16)12-26-19-5-3-2-4-17(19)18-7-6-14(10-20(18)26)21(28)25-22(23)24/h2-11,27H,12H2,1H3,(H4,23,24,25,28). The van der Waals surface area contributed by atoms with E-state index >= 15 is 0 Å². The molecule has 3 aromatic carbocycles. The van der Waals surface area contributed by atoms with Gasteiger partial charge in [0.15, 0.2) is 5.96 Å². The van der Waals surface area contributed by atoms with E-state index in [0.717, 1.165) is 27.4 Å². The third-order valence-electron chi connectivity index (χ3n) is 4.78. The monoisotopic (exact) mass is 388 g/mol. The van der Waals surface area contributed by atoms with Crippen LogP contribution in [0.2, 0.25) is 0 Å². The second kappa shape index (κ2) is 7.20. The molecule has 4 aromatic rings. The first kappa shape index (κ1) is 18.4. The summed E-state index contributed by atoms with van der Waals surface area (Å²) in [5, 5.41) is 12.1. The van der Waals surface area contributed by atoms with Crippen molar-refractivity contribution < 1.29 is 14.6 Å². The molecule has 5 N–H and O–H groups in total. The zero-order chi connectivity index (χ0) is 20.5. The van der Waals surface area contributed by atoms with E-state index in [0.29, 0.717) is 17.9 Å². The number of rotatable bonds is 4. The molecule has 0 aliphatic carbocycles. The first-order valence-electron chi connectivity index (χ1n) is 8.98. The molecular formula is C22H20N4O3. The van der Waals surface area contributed by atoms with Crippen molar-refractivity contribution in [1.29, 1.82) is 0 Å². The number of fused-ring (bicyclic) bond motifs is 3. The van der Waals surface area contributed by atoms with Gasteiger partial charge in [-0.15, -0.1) is 0 Å². The second-order valence-corrected chi connectivity index (χ2v) is 6.72. The Morgan fingerprint density at radius 3 is 2.55 bits per heavy atom. The Morgan fingerprint density at radius 2 is 1.79 bits per heavy atom. The molecular weight excluding hydrogens is 368 g/mol. The van der Waals surface area contributed by atoms with Crippen LogP contribution < -0.4 is 16.2 Å². The topological polar surface area (TPSA) is 116 Å². The zero-order valence-electron chi connectivity index (χ0n) is 15.8. The van der Waals surface area contributed by atoms with E-state index in [9.17, 15) is 9.90 Å². The Labute approximate surface area is 166 Å². The third kappa shape index (κ3) is 3.45. The molecule has 0 unspecified atom stereocenters. The van der Waals surface area contributed by atoms with Gasteiger partial charge in [0, 0.05) is 34.5 Å². The third-order valence-corrected chi connectivity index (χ3v) is 4.78. The molecule has 146 valence electrons. The predicted octanol–water partition coefficient (Wildman–Crippen LogP) is 2.97. The van der Waals surface area contributed by atoms with Crippen molar-refractivity contribution in [2.45, 2.75) is 6.54 Å². The molecule has 1 heterocycles. The molecule has 29 heavy (non-hydrogen) atoms. The fraction of sp³-hybridized carbons (Fsp3) is 0.0909. The number of amides is 1. The van der Waals surface area contributed by atoms with Gasteiger partial charge in [-0.25, -0.2) is 0 Å². The molecule has 0 radical (unpaired) electrons. The van der Waals surface area contributed by atoms with Gasteiger partial charge in [0.05, 0.1) is 12.6 Å². The molecule has 7 nitrogen and oxygen atoms in total. The SMILES string of the molecule is COc1cc(O)cc(Cn2c3ccccc3c3ccc(C(=O)N=C(N)N)cc32)c1. The molecule has 0 saturated heterocycles. The normalized spacial score (nSPS) is 10.9. The summed E-state index contributed by atoms with van der Waals surface area (Å²) in [5.41, 5.74) is 13.8. The van der Waals surface area contributed by atoms with Crippen LogP contribution in [-0.4, -0.2) is 28.7 Å². The molecule has 7 heteroatoms. The smallest absolute Gasteiger partial charge is 0.280 e. The summed E-state index contributed by atoms with van der Waals surface area (Å²) in [6.45, 7) is 0.481. The van der Waals surface area contributed by atoms with Crippen molar-refractivity contribution in [3.63, 3.8) is 0 Å². The molecule has 0 aliphatic heterocycles. The van der Waals surface area contributed by atoms with Gasteiger partial charge in [-0.05, 0) is 35.9 Å². The largest absolute Gasteiger partial charge is 0.508 e. The molecule has 1 aromatic heterocycles. The highest BCUT2D eigenvalue weighted by atomic mass is 16.5. The van der Waals surface area contributed by atoms with Crippen LogP contribution in [0.15, 0.2) is 65.7 Å². The van der Waals surface area contributed by atoms with Crippen LogP contribution in [0, 0.1) is 0 Å². The van der Waals surface area contributed by atoms with Crippen LogP contribution >= 0.6 is 0 Å². The number of hydrogen-bond donors (Lipinski definition) is 3. The number of carbonyl (C=O) groups is 1. The van der Waals surface area contributed by atoms with Crippen molar-refractivity contribution in [2.24, 2.45) is 16.5 Å². The van der Waals surface area contributed by atoms with E-state index in [1.165, 1.54) is 0 Å². The number of aromatic hydroxyl groups is 1. The van der Waals surface area contributed by atoms with Crippen LogP contribution in [0.4, 0.5) is 0 Å². The summed E-state index contributed by atoms with van der Waals surface area (Å²) < 4.78 is 7.35. The second-order valence-electron chi connectivity index (χ2n) is 6.72. The first-order chi connectivity index (χ1) is 14.0. The van der Waals surface area contributed by atoms with Crippen molar-refractivity contribution in [3.8, 4) is 11.5 Å². The van der Waals surface area contributed by atoms with Crippen LogP contribution in [0.5, 0.6) is 11.5 Å². The van der Waals surface area contributed by atoms with Gasteiger partial charge in [-0.2, -0.15) is 4.99 Å². The fourth-order valence-electron chi connectivity index (χ4n) is 3.57. The van der Waals surface area contributed by atoms with E-state index in [-0.39, 0.29) is 11.7 Å². The highest BCUT2D eigenvalue weighted by Gasteiger charge is 2.14. The number of nitrogens with two attached hydrogens (primary N) is 2. The van der Waals surface area contributed by atoms with Crippen LogP contribution in [-0.2, 0) is 6.54 Å². The lowest BCUT2D eigenvalue weighted by atomic mass is 10.1. The fourth-order valence-corrected chi connectivity index (χ4v) is 3.57. The molecule has 0 fully saturated rings. The van der Waals surface area contributed by atoms with E-state index in [4.69, 9.17) is 16.2 Å². The molecule has 0 atom stereocenters. The van der Waals surface area contributed by atoms with Gasteiger partial charge in [0.2, 0.25) is 0 Å². The maximum absolute atomic E-state index is 12.3. The number of phenols is 1. The van der Waals surface area contributed by atoms with E-state index in [2.05, 4.69) is 9.56 Å². The van der Waals surface area contributed by atoms with Crippen molar-refractivity contribution in [1.82, 2.24) is 4.57 Å². The number of aromatic nitrogens is 1. The molecule has 0 aliphatic rings. The Kier molecular flexibility index (Phi) is 4.56. The summed E-state index contributed by atoms with van der Waals surface area (Å²) in [6, 6.07) is 18.5. The Hall–Kier alpha value is -4.00. The van der Waals surface area contributed by atoms with Crippen LogP contribution in [0.1, 0.15) is 15.9 Å². The Balaban J connectivity index is 1.91. The molecule has 1 amide bonds. The van der Waals surface area contributed by atoms with Crippen molar-refractivity contribution in [3.05, 3.63) is 71.8 Å². The number of aliphatic imine (C=N–C) groups is 1. The zero-order valence-corrected chi connectivity index (χ0v) is 15.8. The van der Waals surface area contributed by atoms with Crippen molar-refractivity contribution in [2.75, 3.05) is 7.11 Å². The molecule has 0 bridgehead atoms. The minimum atomic E-state index is -0.497. The number of nitrogens with zero attached hydrogens (tertiary/aromatic N) is 2. The molecule has 0 spiro atoms. The van der Waals surface area contributed by atoms with E-state index < -0.39 is 5.91 Å². The van der Waals surface area contributed by atoms with E-state index in [1.807, 2.05) is 36.4 Å². The number of guanidine groups is 1. The average Bonchev–Trinajstić information content (AvgIpc) is 3.00. The Bertz CT molecular complexity index is 1270. The summed E-state index contributed by atoms with van der Waals surface area (Å²) in [5.74, 6) is -0.0710. The molecule has 0 saturated carbocycles. The number of benzene rings is 3. The number of hydrogen-bond acceptors (Lipinski definition) is 3. The maximum atomic E-state index is 12.3. The number of ether oxygens (including phenoxy) is 1. The van der Waals surface area contributed by atoms with Crippen LogP contribution in [0.25, 0.3) is 21.8 Å². The quantitative estimate of drug-likeness (QED) is 0.367. The van der Waals surface area contributed by atoms with Gasteiger partial charge >= 0.3 is 0 Å². The number of para-hydroxylation sites is 1. The number of carbonyl (C=O) groups excluding carboxylic acids is 1. The maximum Gasteiger partial charge on any atom is 0.280 e. The minimum absolute atomic E-state index is 0.128. The summed E-state index contributed by atoms with van der Waals surface area (Å²) in [7, 11) is 1.56. The van der Waals surface area contributed by atoms with E-state index in [1.54, 1.807) is 31.4 Å². The van der Waals surface area contributed by atoms with Gasteiger partial charge < -0.3 is 25.9 Å². The van der Waals surface area contributed by atoms with Crippen LogP contribution in [0.3, 0.4) is 0 Å². The molecule has 4 rings (SSSR count). The lowest BCUT2D eigenvalue weighted by Crippen LogP contribution is -2.24. The highest BCUT2D eigenvalue weighted by Crippen LogP contribution is 2.31. The summed E-state index contributed by atoms with van der Waals surface area (Å²) in [4.78, 5) is 15.9. The van der Waals surface area contributed by atoms with Gasteiger partial charge in [0.25, 0.3) is 5.91 Å². The summed E-state index contributed by atoms with van der Waals surface area (Å²) in [6.07, 6.45) is 0. The van der Waals surface area contributed by atoms with Crippen molar-refractivity contribution >= 4 is 33.7 Å². The van der Waals surface area contributed by atoms with Gasteiger partial charge in [-0.3, -0.25) is 4.79 Å².